The molecule has 14 atom stereocenters. The van der Waals surface area contributed by atoms with Gasteiger partial charge in [0, 0.05) is 49.8 Å². The second-order valence-electron chi connectivity index (χ2n) is 18.2. The largest absolute Gasteiger partial charge is 0.455 e. The van der Waals surface area contributed by atoms with Crippen molar-refractivity contribution in [2.45, 2.75) is 160 Å². The molecule has 2 aromatic rings. The second kappa shape index (κ2) is 19.0. The minimum Gasteiger partial charge on any atom is -0.455 e. The van der Waals surface area contributed by atoms with Gasteiger partial charge >= 0.3 is 12.1 Å². The molecule has 0 saturated carbocycles. The van der Waals surface area contributed by atoms with Crippen LogP contribution in [0.2, 0.25) is 0 Å². The van der Waals surface area contributed by atoms with E-state index in [4.69, 9.17) is 29.4 Å². The van der Waals surface area contributed by atoms with E-state index in [1.54, 1.807) is 32.0 Å². The van der Waals surface area contributed by atoms with Gasteiger partial charge in [0.2, 0.25) is 0 Å². The quantitative estimate of drug-likeness (QED) is 0.217. The van der Waals surface area contributed by atoms with Crippen molar-refractivity contribution < 1.29 is 47.6 Å². The molecule has 1 aromatic carbocycles. The van der Waals surface area contributed by atoms with Crippen molar-refractivity contribution in [2.75, 3.05) is 34.3 Å². The van der Waals surface area contributed by atoms with Gasteiger partial charge in [-0.05, 0) is 103 Å². The molecule has 60 heavy (non-hydrogen) atoms. The average Bonchev–Trinajstić information content (AvgIpc) is 3.49. The summed E-state index contributed by atoms with van der Waals surface area (Å²) in [6.45, 7) is 16.3. The number of pyridine rings is 1. The van der Waals surface area contributed by atoms with Crippen LogP contribution < -0.4 is 5.73 Å². The number of halogens is 1. The number of nitrogens with zero attached hydrogens (tertiary/aromatic N) is 4. The third-order valence-electron chi connectivity index (χ3n) is 13.7. The number of benzene rings is 1. The van der Waals surface area contributed by atoms with Gasteiger partial charge in [-0.3, -0.25) is 9.78 Å². The monoisotopic (exact) mass is 844 g/mol. The molecule has 3 N–H and O–H groups in total. The number of hydrazine groups is 1. The maximum atomic E-state index is 17.0. The highest BCUT2D eigenvalue weighted by Gasteiger charge is 2.62. The zero-order chi connectivity index (χ0) is 44.5. The molecule has 3 saturated heterocycles. The van der Waals surface area contributed by atoms with Crippen LogP contribution in [-0.4, -0.2) is 143 Å². The van der Waals surface area contributed by atoms with Gasteiger partial charge in [-0.1, -0.05) is 52.8 Å². The van der Waals surface area contributed by atoms with Gasteiger partial charge in [0.05, 0.1) is 29.4 Å². The van der Waals surface area contributed by atoms with Gasteiger partial charge in [0.1, 0.15) is 12.2 Å². The Hall–Kier alpha value is -3.31. The number of methoxy groups -OCH3 is 1. The van der Waals surface area contributed by atoms with Crippen LogP contribution in [0.4, 0.5) is 9.18 Å². The lowest BCUT2D eigenvalue weighted by Gasteiger charge is -2.48. The minimum absolute atomic E-state index is 0.147. The maximum absolute atomic E-state index is 17.0. The number of fused-ring (bicyclic) bond motifs is 2. The highest BCUT2D eigenvalue weighted by Crippen LogP contribution is 2.45. The Morgan fingerprint density at radius 2 is 1.77 bits per heavy atom. The Bertz CT molecular complexity index is 1810. The van der Waals surface area contributed by atoms with Crippen molar-refractivity contribution in [3.05, 3.63) is 42.1 Å². The smallest absolute Gasteiger partial charge is 0.425 e. The lowest BCUT2D eigenvalue weighted by atomic mass is 9.72. The third-order valence-corrected chi connectivity index (χ3v) is 13.7. The molecule has 3 aliphatic rings. The molecular formula is C45H70FN5O9. The van der Waals surface area contributed by atoms with Gasteiger partial charge in [-0.2, -0.15) is 0 Å². The number of alkyl halides is 1. The molecule has 336 valence electrons. The molecule has 14 nitrogen and oxygen atoms in total. The zero-order valence-electron chi connectivity index (χ0n) is 37.7. The predicted octanol–water partition coefficient (Wildman–Crippen LogP) is 5.46. The molecule has 5 rings (SSSR count). The van der Waals surface area contributed by atoms with Crippen LogP contribution in [-0.2, 0) is 39.7 Å². The van der Waals surface area contributed by atoms with Crippen LogP contribution in [0, 0.1) is 17.8 Å². The fourth-order valence-corrected chi connectivity index (χ4v) is 10.1. The molecule has 0 spiro atoms. The summed E-state index contributed by atoms with van der Waals surface area (Å²) in [5, 5.41) is 16.1. The predicted molar refractivity (Wildman–Crippen MR) is 225 cm³/mol. The number of carbonyl (C=O) groups excluding carboxylic acids is 3. The second-order valence-corrected chi connectivity index (χ2v) is 18.2. The molecule has 1 aromatic heterocycles. The summed E-state index contributed by atoms with van der Waals surface area (Å²) in [5.74, 6) is -4.62. The fraction of sp³-hybridized carbons (Fsp3) is 0.733. The molecule has 3 fully saturated rings. The number of amides is 1. The molecule has 0 radical (unpaired) electrons. The third kappa shape index (κ3) is 9.23. The number of nitrogens with two attached hydrogens (primary N) is 1. The first-order valence-electron chi connectivity index (χ1n) is 21.7. The van der Waals surface area contributed by atoms with Crippen molar-refractivity contribution in [3.63, 3.8) is 0 Å². The summed E-state index contributed by atoms with van der Waals surface area (Å²) < 4.78 is 48.2. The van der Waals surface area contributed by atoms with Crippen LogP contribution >= 0.6 is 0 Å². The van der Waals surface area contributed by atoms with Gasteiger partial charge < -0.3 is 39.4 Å². The van der Waals surface area contributed by atoms with E-state index in [1.165, 1.54) is 14.0 Å². The number of hydrogen-bond acceptors (Lipinski definition) is 13. The molecule has 3 aliphatic heterocycles. The SMILES string of the molecule is CC[C@@H]1OC(=O)C(C)(F)C(=O)[C@H](C)[C@@H](O[C@@H]2O[C@H](C)C[C@H](N(C)C)[C@H]2O)[C@@](C)(OC)C[C@@H](C)C(N)[C@@H](C)[C@H]2N(N(CC)CCCc3cccc4ncccc34)C(=O)O[C@]12C. The Morgan fingerprint density at radius 1 is 1.07 bits per heavy atom. The summed E-state index contributed by atoms with van der Waals surface area (Å²) in [5.41, 5.74) is 3.35. The summed E-state index contributed by atoms with van der Waals surface area (Å²) in [6.07, 6.45) is -1.54. The summed E-state index contributed by atoms with van der Waals surface area (Å²) in [6, 6.07) is 8.32. The normalized spacial score (nSPS) is 38.5. The standard InChI is InChI=1S/C45H70FN5O9/c1-13-34-45(9)37(51(42(55)60-45)50(14-2)23-17-19-30-18-15-21-32-31(30)20-16-22-48-32)28(5)35(47)26(3)25-43(7,56-12)39(29(6)38(53)44(8,46)41(54)58-34)59-40-36(52)33(49(10)11)24-27(4)57-40/h15-16,18,20-22,26-29,33-37,39-40,52H,13-14,17,19,23-25,47H2,1-12H3/t26-,27-,28-,29+,33+,34+,35?,36-,37-,39-,40+,43+,44?,45-/m1/s1. The first kappa shape index (κ1) is 47.7. The lowest BCUT2D eigenvalue weighted by Crippen LogP contribution is -2.64. The number of aromatic nitrogens is 1. The molecule has 1 amide bonds. The van der Waals surface area contributed by atoms with Crippen molar-refractivity contribution >= 4 is 28.7 Å². The van der Waals surface area contributed by atoms with Gasteiger partial charge in [-0.15, -0.1) is 0 Å². The fourth-order valence-electron chi connectivity index (χ4n) is 10.1. The number of aryl methyl sites for hydroxylation is 1. The first-order chi connectivity index (χ1) is 28.2. The maximum Gasteiger partial charge on any atom is 0.425 e. The number of aliphatic hydroxyl groups is 1. The van der Waals surface area contributed by atoms with E-state index in [9.17, 15) is 19.5 Å². The number of rotatable bonds is 11. The number of hydrogen-bond donors (Lipinski definition) is 2. The minimum atomic E-state index is -3.15. The molecular weight excluding hydrogens is 774 g/mol. The van der Waals surface area contributed by atoms with Gasteiger partial charge in [0.25, 0.3) is 5.67 Å². The van der Waals surface area contributed by atoms with E-state index < -0.39 is 83.2 Å². The summed E-state index contributed by atoms with van der Waals surface area (Å²) >= 11 is 0. The number of ether oxygens (including phenoxy) is 5. The van der Waals surface area contributed by atoms with E-state index in [0.717, 1.165) is 29.8 Å². The van der Waals surface area contributed by atoms with Crippen LogP contribution in [0.5, 0.6) is 0 Å². The molecule has 2 unspecified atom stereocenters. The van der Waals surface area contributed by atoms with Crippen LogP contribution in [0.25, 0.3) is 10.9 Å². The number of esters is 1. The zero-order valence-corrected chi connectivity index (χ0v) is 37.7. The van der Waals surface area contributed by atoms with Gasteiger partial charge in [-0.25, -0.2) is 24.0 Å². The number of Topliss-reactive ketones (excluding diaryl/α,β-unsaturated/α-hetero) is 1. The Labute approximate surface area is 355 Å². The summed E-state index contributed by atoms with van der Waals surface area (Å²) in [4.78, 5) is 49.1. The molecule has 0 aliphatic carbocycles. The summed E-state index contributed by atoms with van der Waals surface area (Å²) in [7, 11) is 5.18. The Kier molecular flexibility index (Phi) is 15.1. The van der Waals surface area contributed by atoms with Crippen molar-refractivity contribution in [2.24, 2.45) is 23.5 Å². The van der Waals surface area contributed by atoms with Crippen LogP contribution in [0.1, 0.15) is 93.6 Å². The molecule has 0 bridgehead atoms. The van der Waals surface area contributed by atoms with Crippen molar-refractivity contribution in [1.29, 1.82) is 0 Å². The molecule has 4 heterocycles. The van der Waals surface area contributed by atoms with E-state index in [0.29, 0.717) is 25.9 Å². The number of likely N-dealkylation sites (N-methyl/N-ethyl adjacent to an activating group) is 1. The van der Waals surface area contributed by atoms with Gasteiger partial charge in [0.15, 0.2) is 17.7 Å². The highest BCUT2D eigenvalue weighted by atomic mass is 19.1. The Morgan fingerprint density at radius 3 is 2.40 bits per heavy atom. The first-order valence-corrected chi connectivity index (χ1v) is 21.7. The van der Waals surface area contributed by atoms with E-state index in [-0.39, 0.29) is 30.9 Å². The number of cyclic esters (lactones) is 1. The highest BCUT2D eigenvalue weighted by molar-refractivity contribution is 6.07. The lowest BCUT2D eigenvalue weighted by molar-refractivity contribution is -0.296. The topological polar surface area (TPSA) is 166 Å². The molecule has 15 heteroatoms. The van der Waals surface area contributed by atoms with E-state index in [1.807, 2.05) is 69.9 Å². The van der Waals surface area contributed by atoms with E-state index >= 15 is 4.39 Å². The number of ketones is 1. The number of carbonyl (C=O) groups is 3. The van der Waals surface area contributed by atoms with Crippen molar-refractivity contribution in [3.8, 4) is 0 Å². The van der Waals surface area contributed by atoms with E-state index in [2.05, 4.69) is 17.1 Å². The van der Waals surface area contributed by atoms with Crippen molar-refractivity contribution in [1.82, 2.24) is 19.9 Å². The van der Waals surface area contributed by atoms with Crippen LogP contribution in [0.15, 0.2) is 36.5 Å². The Balaban J connectivity index is 1.53. The average molecular weight is 844 g/mol. The van der Waals surface area contributed by atoms with Crippen LogP contribution in [0.3, 0.4) is 0 Å². The number of aliphatic hydroxyl groups excluding tert-OH is 1.